The topological polar surface area (TPSA) is 60.4 Å². The van der Waals surface area contributed by atoms with Crippen LogP contribution in [-0.2, 0) is 9.59 Å². The maximum atomic E-state index is 12.4. The van der Waals surface area contributed by atoms with Crippen molar-refractivity contribution in [1.29, 1.82) is 0 Å². The van der Waals surface area contributed by atoms with Gasteiger partial charge in [0.1, 0.15) is 0 Å². The first-order valence-electron chi connectivity index (χ1n) is 13.1. The summed E-state index contributed by atoms with van der Waals surface area (Å²) in [5, 5.41) is 10.8. The van der Waals surface area contributed by atoms with Crippen molar-refractivity contribution in [1.82, 2.24) is 4.90 Å². The van der Waals surface area contributed by atoms with Gasteiger partial charge in [-0.25, -0.2) is 0 Å². The molecule has 32 heavy (non-hydrogen) atoms. The van der Waals surface area contributed by atoms with Gasteiger partial charge in [-0.1, -0.05) is 33.6 Å². The summed E-state index contributed by atoms with van der Waals surface area (Å²) in [7, 11) is 1.57. The molecule has 0 bridgehead atoms. The third-order valence-corrected chi connectivity index (χ3v) is 10.9. The number of fused-ring (bicyclic) bond motifs is 5. The van der Waals surface area contributed by atoms with Crippen LogP contribution in [0.5, 0.6) is 0 Å². The van der Waals surface area contributed by atoms with Crippen LogP contribution in [0.3, 0.4) is 0 Å². The van der Waals surface area contributed by atoms with Crippen LogP contribution in [0.15, 0.2) is 0 Å². The molecule has 176 valence electrons. The number of nitrogens with zero attached hydrogens (tertiary/aromatic N) is 1. The molecule has 1 unspecified atom stereocenters. The number of aliphatic carboxylic acids is 1. The van der Waals surface area contributed by atoms with Crippen molar-refractivity contribution in [2.45, 2.75) is 97.8 Å². The summed E-state index contributed by atoms with van der Waals surface area (Å²) in [4.78, 5) is 24.4. The third kappa shape index (κ3) is 4.71. The normalized spacial score (nSPS) is 41.4. The van der Waals surface area contributed by atoms with E-state index in [1.54, 1.807) is 7.05 Å². The Morgan fingerprint density at radius 3 is 2.41 bits per heavy atom. The standard InChI is InChI=1S/C27H45NO3.Na/c1-18(8-13-24(29)28(4)17-25(30)31)21-11-12-22-20-10-9-19-7-5-6-15-26(19,2)23(20)14-16-27(21,22)3;/h18-23H,5-17H2,1-4H3,(H,30,31);/q;+1/p-1/t18-,19?,20+,21-,22+,23+,26+,27-;/m1./s1. The van der Waals surface area contributed by atoms with Crippen molar-refractivity contribution in [2.24, 2.45) is 46.3 Å². The van der Waals surface area contributed by atoms with Gasteiger partial charge < -0.3 is 14.8 Å². The van der Waals surface area contributed by atoms with E-state index >= 15 is 0 Å². The number of carbonyl (C=O) groups excluding carboxylic acids is 2. The molecule has 0 N–H and O–H groups in total. The summed E-state index contributed by atoms with van der Waals surface area (Å²) >= 11 is 0. The fourth-order valence-corrected chi connectivity index (χ4v) is 9.30. The molecule has 8 atom stereocenters. The molecule has 4 nitrogen and oxygen atoms in total. The first-order valence-corrected chi connectivity index (χ1v) is 13.1. The summed E-state index contributed by atoms with van der Waals surface area (Å²) in [5.74, 6) is 3.69. The van der Waals surface area contributed by atoms with Gasteiger partial charge in [0, 0.05) is 13.5 Å². The van der Waals surface area contributed by atoms with Gasteiger partial charge in [0.2, 0.25) is 5.91 Å². The van der Waals surface area contributed by atoms with Crippen LogP contribution in [0.1, 0.15) is 97.8 Å². The van der Waals surface area contributed by atoms with Crippen LogP contribution in [0.25, 0.3) is 0 Å². The van der Waals surface area contributed by atoms with E-state index in [-0.39, 0.29) is 42.0 Å². The van der Waals surface area contributed by atoms with Crippen LogP contribution < -0.4 is 34.7 Å². The predicted octanol–water partition coefficient (Wildman–Crippen LogP) is 1.66. The molecule has 5 heteroatoms. The van der Waals surface area contributed by atoms with Crippen LogP contribution in [0.2, 0.25) is 0 Å². The van der Waals surface area contributed by atoms with Crippen LogP contribution in [-0.4, -0.2) is 30.4 Å². The molecule has 4 saturated carbocycles. The minimum Gasteiger partial charge on any atom is -0.548 e. The number of hydrogen-bond acceptors (Lipinski definition) is 3. The summed E-state index contributed by atoms with van der Waals surface area (Å²) in [6.07, 6.45) is 15.6. The Hall–Kier alpha value is -0.0600. The number of likely N-dealkylation sites (N-methyl/N-ethyl adjacent to an activating group) is 1. The van der Waals surface area contributed by atoms with E-state index in [2.05, 4.69) is 20.8 Å². The fourth-order valence-electron chi connectivity index (χ4n) is 9.30. The molecule has 0 aliphatic heterocycles. The molecule has 0 radical (unpaired) electrons. The van der Waals surface area contributed by atoms with Crippen molar-refractivity contribution in [2.75, 3.05) is 13.6 Å². The molecule has 4 aliphatic carbocycles. The number of carboxylic acids is 1. The van der Waals surface area contributed by atoms with Crippen LogP contribution >= 0.6 is 0 Å². The van der Waals surface area contributed by atoms with Gasteiger partial charge in [-0.15, -0.1) is 0 Å². The summed E-state index contributed by atoms with van der Waals surface area (Å²) in [6, 6.07) is 0. The number of carboxylic acid groups (broad SMARTS) is 1. The molecule has 0 saturated heterocycles. The van der Waals surface area contributed by atoms with E-state index in [0.717, 1.165) is 30.1 Å². The monoisotopic (exact) mass is 453 g/mol. The van der Waals surface area contributed by atoms with Crippen LogP contribution in [0.4, 0.5) is 0 Å². The van der Waals surface area contributed by atoms with Gasteiger partial charge in [-0.3, -0.25) is 4.79 Å². The van der Waals surface area contributed by atoms with Crippen molar-refractivity contribution in [3.8, 4) is 0 Å². The Morgan fingerprint density at radius 2 is 1.69 bits per heavy atom. The molecule has 4 fully saturated rings. The van der Waals surface area contributed by atoms with Gasteiger partial charge in [0.15, 0.2) is 0 Å². The minimum absolute atomic E-state index is 0. The average Bonchev–Trinajstić information content (AvgIpc) is 3.08. The Kier molecular flexibility index (Phi) is 8.53. The third-order valence-electron chi connectivity index (χ3n) is 10.9. The zero-order valence-electron chi connectivity index (χ0n) is 21.3. The van der Waals surface area contributed by atoms with Crippen molar-refractivity contribution in [3.63, 3.8) is 0 Å². The van der Waals surface area contributed by atoms with Crippen molar-refractivity contribution >= 4 is 11.9 Å². The quantitative estimate of drug-likeness (QED) is 0.575. The molecule has 0 aromatic heterocycles. The first-order chi connectivity index (χ1) is 14.7. The van der Waals surface area contributed by atoms with Crippen molar-refractivity contribution in [3.05, 3.63) is 0 Å². The molecular weight excluding hydrogens is 409 g/mol. The Balaban J connectivity index is 0.00000289. The summed E-state index contributed by atoms with van der Waals surface area (Å²) in [5.41, 5.74) is 1.03. The second-order valence-corrected chi connectivity index (χ2v) is 12.3. The van der Waals surface area contributed by atoms with E-state index in [4.69, 9.17) is 0 Å². The first kappa shape index (κ1) is 26.5. The zero-order valence-corrected chi connectivity index (χ0v) is 23.3. The molecule has 4 aliphatic rings. The summed E-state index contributed by atoms with van der Waals surface area (Å²) < 4.78 is 0. The molecule has 0 aromatic carbocycles. The summed E-state index contributed by atoms with van der Waals surface area (Å²) in [6.45, 7) is 7.27. The average molecular weight is 454 g/mol. The van der Waals surface area contributed by atoms with Gasteiger partial charge in [-0.05, 0) is 104 Å². The molecule has 0 aromatic rings. The maximum Gasteiger partial charge on any atom is 1.00 e. The zero-order chi connectivity index (χ0) is 22.4. The minimum atomic E-state index is -1.19. The molecule has 1 amide bonds. The van der Waals surface area contributed by atoms with Gasteiger partial charge in [0.05, 0.1) is 12.5 Å². The Bertz CT molecular complexity index is 698. The molecule has 4 rings (SSSR count). The van der Waals surface area contributed by atoms with Gasteiger partial charge in [0.25, 0.3) is 0 Å². The van der Waals surface area contributed by atoms with Gasteiger partial charge in [-0.2, -0.15) is 0 Å². The van der Waals surface area contributed by atoms with Crippen molar-refractivity contribution < 1.29 is 44.3 Å². The van der Waals surface area contributed by atoms with Crippen LogP contribution in [0, 0.1) is 46.3 Å². The number of rotatable bonds is 6. The van der Waals surface area contributed by atoms with E-state index in [1.807, 2.05) is 0 Å². The van der Waals surface area contributed by atoms with E-state index < -0.39 is 5.97 Å². The van der Waals surface area contributed by atoms with E-state index in [1.165, 1.54) is 69.1 Å². The maximum absolute atomic E-state index is 12.4. The van der Waals surface area contributed by atoms with E-state index in [0.29, 0.717) is 29.1 Å². The molecule has 0 spiro atoms. The number of amides is 1. The fraction of sp³-hybridized carbons (Fsp3) is 0.926. The second kappa shape index (κ2) is 10.3. The number of hydrogen-bond donors (Lipinski definition) is 0. The number of carbonyl (C=O) groups is 2. The Labute approximate surface area is 217 Å². The molecule has 0 heterocycles. The Morgan fingerprint density at radius 1 is 0.969 bits per heavy atom. The molecular formula is C27H44NNaO3. The predicted molar refractivity (Wildman–Crippen MR) is 121 cm³/mol. The van der Waals surface area contributed by atoms with E-state index in [9.17, 15) is 14.7 Å². The van der Waals surface area contributed by atoms with Gasteiger partial charge >= 0.3 is 29.6 Å². The largest absolute Gasteiger partial charge is 1.00 e. The second-order valence-electron chi connectivity index (χ2n) is 12.3. The SMILES string of the molecule is C[C@H](CCC(=O)N(C)CC(=O)[O-])[C@H]1CC[C@H]2[C@@H]3CCC4CCCC[C@]4(C)[C@H]3CC[C@]12C.[Na+]. The smallest absolute Gasteiger partial charge is 0.548 e.